The highest BCUT2D eigenvalue weighted by molar-refractivity contribution is 7.99. The maximum absolute atomic E-state index is 13.4. The van der Waals surface area contributed by atoms with E-state index in [4.69, 9.17) is 9.47 Å². The molecule has 1 unspecified atom stereocenters. The number of hydrogen-bond donors (Lipinski definition) is 0. The Morgan fingerprint density at radius 1 is 0.844 bits per heavy atom. The average Bonchev–Trinajstić information content (AvgIpc) is 3.50. The summed E-state index contributed by atoms with van der Waals surface area (Å²) < 4.78 is 12.7. The van der Waals surface area contributed by atoms with Crippen LogP contribution in [0.4, 0.5) is 0 Å². The molecule has 4 rings (SSSR count). The summed E-state index contributed by atoms with van der Waals surface area (Å²) in [5.41, 5.74) is 1.72. The zero-order chi connectivity index (χ0) is 32.0. The van der Waals surface area contributed by atoms with Gasteiger partial charge in [-0.1, -0.05) is 82.2 Å². The smallest absolute Gasteiger partial charge is 0.233 e. The molecule has 0 N–H and O–H groups in total. The number of amides is 2. The molecule has 1 fully saturated rings. The second-order valence-electron chi connectivity index (χ2n) is 11.7. The first-order valence-electron chi connectivity index (χ1n) is 16.4. The Balaban J connectivity index is 1.31. The molecule has 45 heavy (non-hydrogen) atoms. The molecule has 244 valence electrons. The Labute approximate surface area is 272 Å². The number of rotatable bonds is 17. The van der Waals surface area contributed by atoms with Crippen molar-refractivity contribution in [3.05, 3.63) is 48.5 Å². The molecule has 3 aromatic rings. The van der Waals surface area contributed by atoms with Gasteiger partial charge >= 0.3 is 0 Å². The number of carbonyl (C=O) groups excluding carboxylic acids is 2. The van der Waals surface area contributed by atoms with Gasteiger partial charge in [0.05, 0.1) is 20.0 Å². The summed E-state index contributed by atoms with van der Waals surface area (Å²) >= 11 is 1.37. The lowest BCUT2D eigenvalue weighted by Crippen LogP contribution is -2.55. The van der Waals surface area contributed by atoms with Crippen molar-refractivity contribution in [2.45, 2.75) is 89.3 Å². The lowest BCUT2D eigenvalue weighted by molar-refractivity contribution is -0.141. The van der Waals surface area contributed by atoms with Crippen LogP contribution in [0.5, 0.6) is 11.5 Å². The van der Waals surface area contributed by atoms with Crippen molar-refractivity contribution in [3.8, 4) is 28.6 Å². The van der Waals surface area contributed by atoms with Crippen molar-refractivity contribution in [1.29, 1.82) is 0 Å². The number of benzene rings is 2. The molecule has 1 aliphatic heterocycles. The van der Waals surface area contributed by atoms with Crippen molar-refractivity contribution < 1.29 is 19.1 Å². The fraction of sp³-hybridized carbons (Fsp3) is 0.543. The second kappa shape index (κ2) is 17.8. The molecule has 0 bridgehead atoms. The predicted molar refractivity (Wildman–Crippen MR) is 180 cm³/mol. The van der Waals surface area contributed by atoms with Gasteiger partial charge in [0.15, 0.2) is 11.0 Å². The number of ether oxygens (including phenoxy) is 2. The molecule has 1 aromatic heterocycles. The molecule has 1 atom stereocenters. The lowest BCUT2D eigenvalue weighted by Gasteiger charge is -2.40. The summed E-state index contributed by atoms with van der Waals surface area (Å²) in [4.78, 5) is 30.1. The van der Waals surface area contributed by atoms with Crippen LogP contribution in [0.2, 0.25) is 0 Å². The van der Waals surface area contributed by atoms with Crippen LogP contribution >= 0.6 is 11.8 Å². The minimum Gasteiger partial charge on any atom is -0.497 e. The number of methoxy groups -OCH3 is 2. The molecular formula is C35H49N5O4S. The van der Waals surface area contributed by atoms with Crippen LogP contribution in [-0.4, -0.2) is 82.0 Å². The standard InChI is InChI=1S/C35H49N5O4S/c1-5-6-7-8-9-10-11-12-13-17-32(41)39-23-22-38(25-27(39)2)33(42)26-45-35-37-36-34(28-15-14-16-31(24-28)44-4)40(35)29-18-20-30(43-3)21-19-29/h14-16,18-21,24,27H,5-13,17,22-23,25-26H2,1-4H3. The average molecular weight is 636 g/mol. The van der Waals surface area contributed by atoms with E-state index in [0.29, 0.717) is 37.0 Å². The fourth-order valence-corrected chi connectivity index (χ4v) is 6.63. The van der Waals surface area contributed by atoms with Gasteiger partial charge in [-0.2, -0.15) is 0 Å². The van der Waals surface area contributed by atoms with Gasteiger partial charge in [0, 0.05) is 43.3 Å². The third-order valence-corrected chi connectivity index (χ3v) is 9.33. The van der Waals surface area contributed by atoms with Crippen molar-refractivity contribution in [2.75, 3.05) is 39.6 Å². The van der Waals surface area contributed by atoms with Crippen molar-refractivity contribution >= 4 is 23.6 Å². The molecule has 9 nitrogen and oxygen atoms in total. The first-order valence-corrected chi connectivity index (χ1v) is 17.4. The Morgan fingerprint density at radius 3 is 2.20 bits per heavy atom. The van der Waals surface area contributed by atoms with E-state index < -0.39 is 0 Å². The minimum absolute atomic E-state index is 0.00128. The monoisotopic (exact) mass is 635 g/mol. The number of nitrogens with zero attached hydrogens (tertiary/aromatic N) is 5. The molecule has 10 heteroatoms. The van der Waals surface area contributed by atoms with Gasteiger partial charge in [-0.25, -0.2) is 0 Å². The number of aromatic nitrogens is 3. The number of thioether (sulfide) groups is 1. The van der Waals surface area contributed by atoms with Crippen LogP contribution < -0.4 is 9.47 Å². The number of piperazine rings is 1. The van der Waals surface area contributed by atoms with Crippen LogP contribution in [0.25, 0.3) is 17.1 Å². The highest BCUT2D eigenvalue weighted by Crippen LogP contribution is 2.31. The molecule has 0 radical (unpaired) electrons. The molecule has 2 amide bonds. The van der Waals surface area contributed by atoms with E-state index in [9.17, 15) is 9.59 Å². The van der Waals surface area contributed by atoms with Gasteiger partial charge in [0.25, 0.3) is 0 Å². The minimum atomic E-state index is 0.00128. The van der Waals surface area contributed by atoms with Crippen LogP contribution in [0.1, 0.15) is 78.1 Å². The van der Waals surface area contributed by atoms with Gasteiger partial charge < -0.3 is 19.3 Å². The number of hydrogen-bond acceptors (Lipinski definition) is 7. The quantitative estimate of drug-likeness (QED) is 0.116. The van der Waals surface area contributed by atoms with E-state index >= 15 is 0 Å². The van der Waals surface area contributed by atoms with E-state index in [2.05, 4.69) is 17.1 Å². The van der Waals surface area contributed by atoms with E-state index in [0.717, 1.165) is 35.6 Å². The first-order chi connectivity index (χ1) is 21.9. The fourth-order valence-electron chi connectivity index (χ4n) is 5.78. The van der Waals surface area contributed by atoms with E-state index in [1.54, 1.807) is 14.2 Å². The Kier molecular flexibility index (Phi) is 13.6. The van der Waals surface area contributed by atoms with Gasteiger partial charge in [-0.05, 0) is 49.7 Å². The predicted octanol–water partition coefficient (Wildman–Crippen LogP) is 7.02. The second-order valence-corrected chi connectivity index (χ2v) is 12.7. The molecule has 1 aliphatic rings. The van der Waals surface area contributed by atoms with Crippen molar-refractivity contribution in [2.24, 2.45) is 0 Å². The lowest BCUT2D eigenvalue weighted by atomic mass is 10.1. The molecular weight excluding hydrogens is 586 g/mol. The molecule has 2 heterocycles. The molecule has 1 saturated heterocycles. The van der Waals surface area contributed by atoms with Crippen LogP contribution in [-0.2, 0) is 9.59 Å². The highest BCUT2D eigenvalue weighted by atomic mass is 32.2. The normalized spacial score (nSPS) is 14.9. The van der Waals surface area contributed by atoms with Gasteiger partial charge in [-0.15, -0.1) is 10.2 Å². The first kappa shape index (κ1) is 34.3. The number of carbonyl (C=O) groups is 2. The van der Waals surface area contributed by atoms with Gasteiger partial charge in [0.1, 0.15) is 11.5 Å². The van der Waals surface area contributed by atoms with Gasteiger partial charge in [-0.3, -0.25) is 14.2 Å². The van der Waals surface area contributed by atoms with E-state index in [1.165, 1.54) is 56.7 Å². The molecule has 0 spiro atoms. The van der Waals surface area contributed by atoms with E-state index in [1.807, 2.05) is 69.8 Å². The molecule has 0 saturated carbocycles. The van der Waals surface area contributed by atoms with Gasteiger partial charge in [0.2, 0.25) is 11.8 Å². The Bertz CT molecular complexity index is 1360. The Morgan fingerprint density at radius 2 is 1.53 bits per heavy atom. The zero-order valence-corrected chi connectivity index (χ0v) is 28.2. The largest absolute Gasteiger partial charge is 0.497 e. The summed E-state index contributed by atoms with van der Waals surface area (Å²) in [7, 11) is 3.27. The summed E-state index contributed by atoms with van der Waals surface area (Å²) in [5, 5.41) is 9.60. The third-order valence-electron chi connectivity index (χ3n) is 8.41. The third kappa shape index (κ3) is 9.73. The van der Waals surface area contributed by atoms with Crippen molar-refractivity contribution in [3.63, 3.8) is 0 Å². The van der Waals surface area contributed by atoms with Crippen molar-refractivity contribution in [1.82, 2.24) is 24.6 Å². The van der Waals surface area contributed by atoms with Crippen LogP contribution in [0.3, 0.4) is 0 Å². The van der Waals surface area contributed by atoms with Crippen LogP contribution in [0.15, 0.2) is 53.7 Å². The molecule has 0 aliphatic carbocycles. The summed E-state index contributed by atoms with van der Waals surface area (Å²) in [6, 6.07) is 15.4. The maximum Gasteiger partial charge on any atom is 0.233 e. The topological polar surface area (TPSA) is 89.8 Å². The highest BCUT2D eigenvalue weighted by Gasteiger charge is 2.30. The summed E-state index contributed by atoms with van der Waals surface area (Å²) in [5.74, 6) is 2.60. The summed E-state index contributed by atoms with van der Waals surface area (Å²) in [6.45, 7) is 5.96. The Hall–Kier alpha value is -3.53. The van der Waals surface area contributed by atoms with Crippen LogP contribution in [0, 0.1) is 0 Å². The maximum atomic E-state index is 13.4. The number of unbranched alkanes of at least 4 members (excludes halogenated alkanes) is 8. The van der Waals surface area contributed by atoms with E-state index in [-0.39, 0.29) is 23.6 Å². The zero-order valence-electron chi connectivity index (χ0n) is 27.4. The SMILES string of the molecule is CCCCCCCCCCCC(=O)N1CCN(C(=O)CSc2nnc(-c3cccc(OC)c3)n2-c2ccc(OC)cc2)CC1C. The molecule has 2 aromatic carbocycles. The summed E-state index contributed by atoms with van der Waals surface area (Å²) in [6.07, 6.45) is 11.7.